The Labute approximate surface area is 106 Å². The summed E-state index contributed by atoms with van der Waals surface area (Å²) in [7, 11) is 0. The number of aryl methyl sites for hydroxylation is 1. The van der Waals surface area contributed by atoms with Crippen LogP contribution < -0.4 is 5.32 Å². The second kappa shape index (κ2) is 5.21. The Hall–Kier alpha value is -1.84. The highest BCUT2D eigenvalue weighted by atomic mass is 16.4. The number of aliphatic carboxylic acids is 1. The highest BCUT2D eigenvalue weighted by Gasteiger charge is 2.33. The SMILES string of the molecule is Cc1cccc(NC(=O)C2CCC(C(=O)O)C2)c1. The van der Waals surface area contributed by atoms with Crippen molar-refractivity contribution in [2.45, 2.75) is 26.2 Å². The molecule has 1 saturated carbocycles. The summed E-state index contributed by atoms with van der Waals surface area (Å²) in [6, 6.07) is 7.60. The van der Waals surface area contributed by atoms with Crippen LogP contribution in [0.25, 0.3) is 0 Å². The van der Waals surface area contributed by atoms with E-state index in [1.165, 1.54) is 0 Å². The first-order valence-corrected chi connectivity index (χ1v) is 6.16. The summed E-state index contributed by atoms with van der Waals surface area (Å²) in [5.74, 6) is -1.39. The van der Waals surface area contributed by atoms with Gasteiger partial charge in [-0.1, -0.05) is 12.1 Å². The van der Waals surface area contributed by atoms with Crippen LogP contribution >= 0.6 is 0 Å². The summed E-state index contributed by atoms with van der Waals surface area (Å²) in [5, 5.41) is 11.8. The Morgan fingerprint density at radius 3 is 2.61 bits per heavy atom. The van der Waals surface area contributed by atoms with E-state index in [-0.39, 0.29) is 17.7 Å². The minimum absolute atomic E-state index is 0.0654. The van der Waals surface area contributed by atoms with Crippen LogP contribution in [0.1, 0.15) is 24.8 Å². The van der Waals surface area contributed by atoms with Crippen molar-refractivity contribution in [2.24, 2.45) is 11.8 Å². The lowest BCUT2D eigenvalue weighted by Crippen LogP contribution is -2.21. The Morgan fingerprint density at radius 1 is 1.28 bits per heavy atom. The van der Waals surface area contributed by atoms with Crippen molar-refractivity contribution < 1.29 is 14.7 Å². The lowest BCUT2D eigenvalue weighted by Gasteiger charge is -2.11. The van der Waals surface area contributed by atoms with E-state index in [1.54, 1.807) is 0 Å². The molecule has 1 aliphatic rings. The van der Waals surface area contributed by atoms with Crippen LogP contribution in [0.4, 0.5) is 5.69 Å². The fraction of sp³-hybridized carbons (Fsp3) is 0.429. The van der Waals surface area contributed by atoms with Gasteiger partial charge in [-0.15, -0.1) is 0 Å². The van der Waals surface area contributed by atoms with E-state index in [4.69, 9.17) is 5.11 Å². The second-order valence-electron chi connectivity index (χ2n) is 4.90. The first kappa shape index (κ1) is 12.6. The number of carboxylic acids is 1. The summed E-state index contributed by atoms with van der Waals surface area (Å²) >= 11 is 0. The largest absolute Gasteiger partial charge is 0.481 e. The first-order chi connectivity index (χ1) is 8.56. The fourth-order valence-electron chi connectivity index (χ4n) is 2.41. The Kier molecular flexibility index (Phi) is 3.65. The van der Waals surface area contributed by atoms with Crippen molar-refractivity contribution in [1.82, 2.24) is 0 Å². The lowest BCUT2D eigenvalue weighted by molar-refractivity contribution is -0.141. The van der Waals surface area contributed by atoms with E-state index in [0.717, 1.165) is 11.3 Å². The fourth-order valence-corrected chi connectivity index (χ4v) is 2.41. The van der Waals surface area contributed by atoms with Gasteiger partial charge in [0.1, 0.15) is 0 Å². The number of nitrogens with one attached hydrogen (secondary N) is 1. The highest BCUT2D eigenvalue weighted by molar-refractivity contribution is 5.93. The number of carboxylic acid groups (broad SMARTS) is 1. The van der Waals surface area contributed by atoms with Gasteiger partial charge in [-0.25, -0.2) is 0 Å². The van der Waals surface area contributed by atoms with E-state index >= 15 is 0 Å². The molecule has 4 nitrogen and oxygen atoms in total. The molecule has 2 atom stereocenters. The minimum Gasteiger partial charge on any atom is -0.481 e. The average molecular weight is 247 g/mol. The number of benzene rings is 1. The summed E-state index contributed by atoms with van der Waals surface area (Å²) in [6.45, 7) is 1.96. The minimum atomic E-state index is -0.791. The second-order valence-corrected chi connectivity index (χ2v) is 4.90. The molecule has 2 rings (SSSR count). The molecule has 1 fully saturated rings. The van der Waals surface area contributed by atoms with Gasteiger partial charge < -0.3 is 10.4 Å². The molecule has 0 aromatic heterocycles. The summed E-state index contributed by atoms with van der Waals surface area (Å²) in [5.41, 5.74) is 1.86. The maximum Gasteiger partial charge on any atom is 0.306 e. The van der Waals surface area contributed by atoms with Crippen LogP contribution in [-0.4, -0.2) is 17.0 Å². The van der Waals surface area contributed by atoms with Gasteiger partial charge in [0.2, 0.25) is 5.91 Å². The summed E-state index contributed by atoms with van der Waals surface area (Å²) in [4.78, 5) is 22.8. The zero-order valence-electron chi connectivity index (χ0n) is 10.3. The molecule has 0 saturated heterocycles. The molecule has 18 heavy (non-hydrogen) atoms. The number of carbonyl (C=O) groups excluding carboxylic acids is 1. The van der Waals surface area contributed by atoms with E-state index < -0.39 is 5.97 Å². The number of rotatable bonds is 3. The third kappa shape index (κ3) is 2.88. The summed E-state index contributed by atoms with van der Waals surface area (Å²) < 4.78 is 0. The van der Waals surface area contributed by atoms with Crippen LogP contribution in [0.3, 0.4) is 0 Å². The van der Waals surface area contributed by atoms with Crippen LogP contribution in [0, 0.1) is 18.8 Å². The standard InChI is InChI=1S/C14H17NO3/c1-9-3-2-4-12(7-9)15-13(16)10-5-6-11(8-10)14(17)18/h2-4,7,10-11H,5-6,8H2,1H3,(H,15,16)(H,17,18). The smallest absolute Gasteiger partial charge is 0.306 e. The Morgan fingerprint density at radius 2 is 2.00 bits per heavy atom. The molecule has 96 valence electrons. The van der Waals surface area contributed by atoms with Gasteiger partial charge in [0.25, 0.3) is 0 Å². The Balaban J connectivity index is 1.95. The molecular formula is C14H17NO3. The number of hydrogen-bond donors (Lipinski definition) is 2. The Bertz CT molecular complexity index is 470. The first-order valence-electron chi connectivity index (χ1n) is 6.16. The van der Waals surface area contributed by atoms with Crippen LogP contribution in [-0.2, 0) is 9.59 Å². The van der Waals surface area contributed by atoms with E-state index in [2.05, 4.69) is 5.32 Å². The molecule has 0 bridgehead atoms. The number of carbonyl (C=O) groups is 2. The molecule has 1 amide bonds. The van der Waals surface area contributed by atoms with Gasteiger partial charge >= 0.3 is 5.97 Å². The maximum atomic E-state index is 12.0. The molecule has 1 aliphatic carbocycles. The molecule has 1 aromatic rings. The zero-order valence-corrected chi connectivity index (χ0v) is 10.3. The third-order valence-corrected chi connectivity index (χ3v) is 3.44. The predicted molar refractivity (Wildman–Crippen MR) is 68.3 cm³/mol. The van der Waals surface area contributed by atoms with Crippen LogP contribution in [0.2, 0.25) is 0 Å². The van der Waals surface area contributed by atoms with Gasteiger partial charge in [0, 0.05) is 11.6 Å². The van der Waals surface area contributed by atoms with Crippen molar-refractivity contribution in [3.05, 3.63) is 29.8 Å². The van der Waals surface area contributed by atoms with Gasteiger partial charge in [-0.3, -0.25) is 9.59 Å². The number of anilines is 1. The van der Waals surface area contributed by atoms with Crippen molar-refractivity contribution in [2.75, 3.05) is 5.32 Å². The topological polar surface area (TPSA) is 66.4 Å². The molecule has 0 spiro atoms. The van der Waals surface area contributed by atoms with Crippen molar-refractivity contribution >= 4 is 17.6 Å². The average Bonchev–Trinajstić information content (AvgIpc) is 2.78. The molecular weight excluding hydrogens is 230 g/mol. The van der Waals surface area contributed by atoms with Crippen molar-refractivity contribution in [1.29, 1.82) is 0 Å². The van der Waals surface area contributed by atoms with Crippen molar-refractivity contribution in [3.63, 3.8) is 0 Å². The molecule has 1 aromatic carbocycles. The molecule has 0 radical (unpaired) electrons. The predicted octanol–water partition coefficient (Wildman–Crippen LogP) is 2.43. The van der Waals surface area contributed by atoms with Gasteiger partial charge in [-0.2, -0.15) is 0 Å². The third-order valence-electron chi connectivity index (χ3n) is 3.44. The molecule has 4 heteroatoms. The van der Waals surface area contributed by atoms with Crippen LogP contribution in [0.15, 0.2) is 24.3 Å². The molecule has 0 aliphatic heterocycles. The lowest BCUT2D eigenvalue weighted by atomic mass is 10.0. The number of hydrogen-bond acceptors (Lipinski definition) is 2. The molecule has 2 N–H and O–H groups in total. The monoisotopic (exact) mass is 247 g/mol. The normalized spacial score (nSPS) is 22.7. The maximum absolute atomic E-state index is 12.0. The van der Waals surface area contributed by atoms with Crippen LogP contribution in [0.5, 0.6) is 0 Å². The quantitative estimate of drug-likeness (QED) is 0.862. The van der Waals surface area contributed by atoms with Gasteiger partial charge in [0.15, 0.2) is 0 Å². The number of amides is 1. The molecule has 2 unspecified atom stereocenters. The highest BCUT2D eigenvalue weighted by Crippen LogP contribution is 2.31. The zero-order chi connectivity index (χ0) is 13.1. The van der Waals surface area contributed by atoms with E-state index in [1.807, 2.05) is 31.2 Å². The van der Waals surface area contributed by atoms with Gasteiger partial charge in [0.05, 0.1) is 5.92 Å². The van der Waals surface area contributed by atoms with E-state index in [9.17, 15) is 9.59 Å². The van der Waals surface area contributed by atoms with E-state index in [0.29, 0.717) is 19.3 Å². The molecule has 0 heterocycles. The van der Waals surface area contributed by atoms with Gasteiger partial charge in [-0.05, 0) is 43.9 Å². The van der Waals surface area contributed by atoms with Crippen molar-refractivity contribution in [3.8, 4) is 0 Å². The summed E-state index contributed by atoms with van der Waals surface area (Å²) in [6.07, 6.45) is 1.71.